The molecule has 102 valence electrons. The quantitative estimate of drug-likeness (QED) is 0.808. The second-order valence-corrected chi connectivity index (χ2v) is 4.56. The van der Waals surface area contributed by atoms with Crippen molar-refractivity contribution in [3.05, 3.63) is 30.3 Å². The third kappa shape index (κ3) is 3.47. The van der Waals surface area contributed by atoms with E-state index < -0.39 is 0 Å². The van der Waals surface area contributed by atoms with Gasteiger partial charge in [0.05, 0.1) is 13.0 Å². The van der Waals surface area contributed by atoms with E-state index in [4.69, 9.17) is 0 Å². The zero-order chi connectivity index (χ0) is 13.7. The van der Waals surface area contributed by atoms with Crippen LogP contribution in [0.15, 0.2) is 30.3 Å². The molecule has 1 fully saturated rings. The van der Waals surface area contributed by atoms with Crippen LogP contribution >= 0.6 is 0 Å². The van der Waals surface area contributed by atoms with E-state index >= 15 is 0 Å². The predicted octanol–water partition coefficient (Wildman–Crippen LogP) is 1.12. The lowest BCUT2D eigenvalue weighted by Crippen LogP contribution is -2.31. The third-order valence-corrected chi connectivity index (χ3v) is 3.23. The molecule has 1 amide bonds. The fraction of sp³-hybridized carbons (Fsp3) is 0.429. The largest absolute Gasteiger partial charge is 0.469 e. The molecule has 2 rings (SSSR count). The van der Waals surface area contributed by atoms with E-state index in [1.54, 1.807) is 4.90 Å². The van der Waals surface area contributed by atoms with Gasteiger partial charge in [-0.25, -0.2) is 0 Å². The number of nitrogens with one attached hydrogen (secondary N) is 1. The summed E-state index contributed by atoms with van der Waals surface area (Å²) >= 11 is 0. The molecule has 0 saturated carbocycles. The second-order valence-electron chi connectivity index (χ2n) is 4.56. The number of hydrogen-bond donors (Lipinski definition) is 1. The number of methoxy groups -OCH3 is 1. The summed E-state index contributed by atoms with van der Waals surface area (Å²) in [4.78, 5) is 24.8. The first-order chi connectivity index (χ1) is 9.20. The minimum Gasteiger partial charge on any atom is -0.469 e. The van der Waals surface area contributed by atoms with Gasteiger partial charge in [-0.2, -0.15) is 0 Å². The Hall–Kier alpha value is -2.04. The molecule has 5 nitrogen and oxygen atoms in total. The van der Waals surface area contributed by atoms with Gasteiger partial charge < -0.3 is 15.0 Å². The molecule has 0 aromatic heterocycles. The first-order valence-corrected chi connectivity index (χ1v) is 6.35. The molecule has 5 heteroatoms. The predicted molar refractivity (Wildman–Crippen MR) is 71.6 cm³/mol. The number of hydrogen-bond acceptors (Lipinski definition) is 4. The number of amides is 1. The first kappa shape index (κ1) is 13.4. The highest BCUT2D eigenvalue weighted by Gasteiger charge is 2.34. The topological polar surface area (TPSA) is 58.6 Å². The van der Waals surface area contributed by atoms with E-state index in [1.165, 1.54) is 7.11 Å². The SMILES string of the molecule is COC(=O)C1CC(=O)N(CCNc2ccccc2)C1. The van der Waals surface area contributed by atoms with Crippen LogP contribution < -0.4 is 5.32 Å². The summed E-state index contributed by atoms with van der Waals surface area (Å²) in [5.41, 5.74) is 1.03. The van der Waals surface area contributed by atoms with Crippen LogP contribution in [0.5, 0.6) is 0 Å². The maximum Gasteiger partial charge on any atom is 0.310 e. The number of ether oxygens (including phenoxy) is 1. The minimum atomic E-state index is -0.311. The Morgan fingerprint density at radius 1 is 1.42 bits per heavy atom. The molecule has 19 heavy (non-hydrogen) atoms. The molecule has 0 spiro atoms. The van der Waals surface area contributed by atoms with E-state index in [0.29, 0.717) is 19.6 Å². The molecule has 1 aromatic rings. The first-order valence-electron chi connectivity index (χ1n) is 6.35. The summed E-state index contributed by atoms with van der Waals surface area (Å²) in [6.07, 6.45) is 0.262. The maximum absolute atomic E-state index is 11.7. The Kier molecular flexibility index (Phi) is 4.39. The highest BCUT2D eigenvalue weighted by molar-refractivity contribution is 5.86. The third-order valence-electron chi connectivity index (χ3n) is 3.23. The van der Waals surface area contributed by atoms with Gasteiger partial charge in [-0.05, 0) is 12.1 Å². The summed E-state index contributed by atoms with van der Waals surface area (Å²) in [5, 5.41) is 3.24. The lowest BCUT2D eigenvalue weighted by Gasteiger charge is -2.16. The molecule has 1 atom stereocenters. The molecule has 1 unspecified atom stereocenters. The van der Waals surface area contributed by atoms with E-state index in [-0.39, 0.29) is 24.2 Å². The van der Waals surface area contributed by atoms with Crippen LogP contribution in [0, 0.1) is 5.92 Å². The number of likely N-dealkylation sites (tertiary alicyclic amines) is 1. The van der Waals surface area contributed by atoms with Crippen LogP contribution in [-0.2, 0) is 14.3 Å². The Morgan fingerprint density at radius 2 is 2.16 bits per heavy atom. The average molecular weight is 262 g/mol. The number of para-hydroxylation sites is 1. The standard InChI is InChI=1S/C14H18N2O3/c1-19-14(18)11-9-13(17)16(10-11)8-7-15-12-5-3-2-4-6-12/h2-6,11,15H,7-10H2,1H3. The molecule has 1 aliphatic rings. The van der Waals surface area contributed by atoms with Crippen LogP contribution in [0.3, 0.4) is 0 Å². The van der Waals surface area contributed by atoms with Crippen LogP contribution in [-0.4, -0.2) is 43.5 Å². The molecule has 1 saturated heterocycles. The fourth-order valence-corrected chi connectivity index (χ4v) is 2.20. The van der Waals surface area contributed by atoms with Gasteiger partial charge >= 0.3 is 5.97 Å². The van der Waals surface area contributed by atoms with Gasteiger partial charge in [0.1, 0.15) is 0 Å². The molecule has 1 aliphatic heterocycles. The summed E-state index contributed by atoms with van der Waals surface area (Å²) in [6.45, 7) is 1.73. The number of carbonyl (C=O) groups excluding carboxylic acids is 2. The highest BCUT2D eigenvalue weighted by atomic mass is 16.5. The molecule has 0 bridgehead atoms. The minimum absolute atomic E-state index is 0.0188. The van der Waals surface area contributed by atoms with Crippen molar-refractivity contribution >= 4 is 17.6 Å². The Morgan fingerprint density at radius 3 is 2.84 bits per heavy atom. The second kappa shape index (κ2) is 6.22. The molecule has 0 aliphatic carbocycles. The molecule has 1 aromatic carbocycles. The van der Waals surface area contributed by atoms with E-state index in [2.05, 4.69) is 10.1 Å². The number of esters is 1. The van der Waals surface area contributed by atoms with Gasteiger partial charge in [0.2, 0.25) is 5.91 Å². The van der Waals surface area contributed by atoms with Crippen molar-refractivity contribution in [3.63, 3.8) is 0 Å². The van der Waals surface area contributed by atoms with Crippen molar-refractivity contribution in [3.8, 4) is 0 Å². The molecule has 1 heterocycles. The summed E-state index contributed by atoms with van der Waals surface area (Å²) < 4.78 is 4.67. The number of anilines is 1. The van der Waals surface area contributed by atoms with Crippen molar-refractivity contribution < 1.29 is 14.3 Å². The van der Waals surface area contributed by atoms with Gasteiger partial charge in [0.15, 0.2) is 0 Å². The van der Waals surface area contributed by atoms with Crippen molar-refractivity contribution in [1.82, 2.24) is 4.90 Å². The number of carbonyl (C=O) groups is 2. The van der Waals surface area contributed by atoms with Crippen LogP contribution in [0.25, 0.3) is 0 Å². The number of benzene rings is 1. The Bertz CT molecular complexity index is 447. The zero-order valence-electron chi connectivity index (χ0n) is 11.0. The van der Waals surface area contributed by atoms with E-state index in [0.717, 1.165) is 5.69 Å². The van der Waals surface area contributed by atoms with Crippen molar-refractivity contribution in [1.29, 1.82) is 0 Å². The Balaban J connectivity index is 1.78. The fourth-order valence-electron chi connectivity index (χ4n) is 2.20. The lowest BCUT2D eigenvalue weighted by atomic mass is 10.1. The van der Waals surface area contributed by atoms with Gasteiger partial charge in [0, 0.05) is 31.7 Å². The van der Waals surface area contributed by atoms with Gasteiger partial charge in [-0.15, -0.1) is 0 Å². The summed E-state index contributed by atoms with van der Waals surface area (Å²) in [7, 11) is 1.35. The van der Waals surface area contributed by atoms with Gasteiger partial charge in [-0.3, -0.25) is 9.59 Å². The van der Waals surface area contributed by atoms with Gasteiger partial charge in [0.25, 0.3) is 0 Å². The van der Waals surface area contributed by atoms with Crippen molar-refractivity contribution in [2.24, 2.45) is 5.92 Å². The highest BCUT2D eigenvalue weighted by Crippen LogP contribution is 2.18. The maximum atomic E-state index is 11.7. The van der Waals surface area contributed by atoms with Crippen LogP contribution in [0.2, 0.25) is 0 Å². The number of rotatable bonds is 5. The van der Waals surface area contributed by atoms with Crippen molar-refractivity contribution in [2.75, 3.05) is 32.1 Å². The van der Waals surface area contributed by atoms with Crippen molar-refractivity contribution in [2.45, 2.75) is 6.42 Å². The average Bonchev–Trinajstić information content (AvgIpc) is 2.81. The summed E-state index contributed by atoms with van der Waals surface area (Å²) in [5.74, 6) is -0.591. The number of nitrogens with zero attached hydrogens (tertiary/aromatic N) is 1. The normalized spacial score (nSPS) is 18.5. The lowest BCUT2D eigenvalue weighted by molar-refractivity contribution is -0.145. The van der Waals surface area contributed by atoms with E-state index in [9.17, 15) is 9.59 Å². The van der Waals surface area contributed by atoms with Crippen LogP contribution in [0.1, 0.15) is 6.42 Å². The van der Waals surface area contributed by atoms with Gasteiger partial charge in [-0.1, -0.05) is 18.2 Å². The molecular weight excluding hydrogens is 244 g/mol. The smallest absolute Gasteiger partial charge is 0.310 e. The molecule has 0 radical (unpaired) electrons. The summed E-state index contributed by atoms with van der Waals surface area (Å²) in [6, 6.07) is 9.81. The Labute approximate surface area is 112 Å². The molecular formula is C14H18N2O3. The van der Waals surface area contributed by atoms with E-state index in [1.807, 2.05) is 30.3 Å². The zero-order valence-corrected chi connectivity index (χ0v) is 11.0. The monoisotopic (exact) mass is 262 g/mol. The van der Waals surface area contributed by atoms with Crippen LogP contribution in [0.4, 0.5) is 5.69 Å². The molecule has 1 N–H and O–H groups in total.